The molecule has 5 heteroatoms. The number of halogens is 1. The molecule has 1 amide bonds. The highest BCUT2D eigenvalue weighted by Crippen LogP contribution is 2.28. The van der Waals surface area contributed by atoms with Gasteiger partial charge in [0, 0.05) is 23.5 Å². The second-order valence-corrected chi connectivity index (χ2v) is 5.14. The molecule has 1 aromatic rings. The molecule has 1 aromatic carbocycles. The number of carbonyl (C=O) groups excluding carboxylic acids is 1. The Bertz CT molecular complexity index is 418. The third-order valence-electron chi connectivity index (χ3n) is 2.70. The first-order valence-electron chi connectivity index (χ1n) is 5.73. The van der Waals surface area contributed by atoms with E-state index in [4.69, 9.17) is 5.73 Å². The molecule has 0 spiro atoms. The summed E-state index contributed by atoms with van der Waals surface area (Å²) in [7, 11) is 0. The van der Waals surface area contributed by atoms with E-state index in [2.05, 4.69) is 26.6 Å². The maximum atomic E-state index is 11.4. The van der Waals surface area contributed by atoms with Gasteiger partial charge in [0.25, 0.3) is 0 Å². The summed E-state index contributed by atoms with van der Waals surface area (Å²) in [5.74, 6) is 0.444. The Morgan fingerprint density at radius 1 is 1.41 bits per heavy atom. The van der Waals surface area contributed by atoms with Gasteiger partial charge in [-0.2, -0.15) is 0 Å². The molecule has 0 bridgehead atoms. The Balaban J connectivity index is 1.73. The molecule has 1 fully saturated rings. The number of hydrogen-bond acceptors (Lipinski definition) is 3. The maximum absolute atomic E-state index is 11.4. The van der Waals surface area contributed by atoms with E-state index in [0.717, 1.165) is 23.0 Å². The third-order valence-corrected chi connectivity index (χ3v) is 3.20. The molecule has 1 saturated carbocycles. The first kappa shape index (κ1) is 12.2. The van der Waals surface area contributed by atoms with Crippen LogP contribution in [0.5, 0.6) is 0 Å². The number of amides is 1. The molecule has 0 aliphatic heterocycles. The van der Waals surface area contributed by atoms with Gasteiger partial charge in [-0.25, -0.2) is 0 Å². The van der Waals surface area contributed by atoms with Crippen molar-refractivity contribution in [3.63, 3.8) is 0 Å². The largest absolute Gasteiger partial charge is 0.397 e. The van der Waals surface area contributed by atoms with E-state index in [1.165, 1.54) is 0 Å². The minimum absolute atomic E-state index is 0.175. The fourth-order valence-electron chi connectivity index (χ4n) is 1.55. The van der Waals surface area contributed by atoms with Crippen LogP contribution >= 0.6 is 15.9 Å². The second kappa shape index (κ2) is 5.40. The number of anilines is 2. The molecule has 0 radical (unpaired) electrons. The lowest BCUT2D eigenvalue weighted by atomic mass is 10.2. The van der Waals surface area contributed by atoms with Crippen LogP contribution < -0.4 is 16.4 Å². The molecule has 0 saturated heterocycles. The fraction of sp³-hybridized carbons (Fsp3) is 0.417. The van der Waals surface area contributed by atoms with Crippen molar-refractivity contribution in [1.29, 1.82) is 0 Å². The first-order valence-corrected chi connectivity index (χ1v) is 6.53. The molecule has 4 N–H and O–H groups in total. The first-order chi connectivity index (χ1) is 8.16. The topological polar surface area (TPSA) is 67.2 Å². The number of nitrogens with one attached hydrogen (secondary N) is 2. The zero-order valence-corrected chi connectivity index (χ0v) is 11.1. The van der Waals surface area contributed by atoms with Gasteiger partial charge in [-0.05, 0) is 31.0 Å². The Labute approximate surface area is 109 Å². The molecule has 1 aliphatic carbocycles. The van der Waals surface area contributed by atoms with Gasteiger partial charge in [0.15, 0.2) is 0 Å². The van der Waals surface area contributed by atoms with Gasteiger partial charge in [-0.1, -0.05) is 15.9 Å². The van der Waals surface area contributed by atoms with Crippen LogP contribution in [0.25, 0.3) is 0 Å². The third kappa shape index (κ3) is 3.63. The van der Waals surface area contributed by atoms with Gasteiger partial charge in [-0.15, -0.1) is 0 Å². The quantitative estimate of drug-likeness (QED) is 0.575. The predicted molar refractivity (Wildman–Crippen MR) is 72.8 cm³/mol. The number of rotatable bonds is 5. The van der Waals surface area contributed by atoms with Gasteiger partial charge >= 0.3 is 0 Å². The summed E-state index contributed by atoms with van der Waals surface area (Å²) >= 11 is 3.39. The molecule has 4 nitrogen and oxygen atoms in total. The second-order valence-electron chi connectivity index (χ2n) is 4.22. The van der Waals surface area contributed by atoms with Crippen LogP contribution in [0.15, 0.2) is 22.7 Å². The summed E-state index contributed by atoms with van der Waals surface area (Å²) in [4.78, 5) is 11.4. The summed E-state index contributed by atoms with van der Waals surface area (Å²) in [6.45, 7) is 1.31. The van der Waals surface area contributed by atoms with Gasteiger partial charge in [0.2, 0.25) is 5.91 Å². The van der Waals surface area contributed by atoms with Crippen LogP contribution in [-0.2, 0) is 4.79 Å². The van der Waals surface area contributed by atoms with E-state index in [1.807, 2.05) is 18.2 Å². The summed E-state index contributed by atoms with van der Waals surface area (Å²) in [5.41, 5.74) is 7.42. The lowest BCUT2D eigenvalue weighted by Gasteiger charge is -2.10. The minimum Gasteiger partial charge on any atom is -0.397 e. The Morgan fingerprint density at radius 2 is 2.18 bits per heavy atom. The van der Waals surface area contributed by atoms with Gasteiger partial charge in [0.1, 0.15) is 0 Å². The zero-order valence-electron chi connectivity index (χ0n) is 9.50. The summed E-state index contributed by atoms with van der Waals surface area (Å²) in [6.07, 6.45) is 2.08. The SMILES string of the molecule is Nc1ccc(Br)cc1NCCNC(=O)C1CC1. The van der Waals surface area contributed by atoms with Crippen LogP contribution in [0.1, 0.15) is 12.8 Å². The van der Waals surface area contributed by atoms with Crippen LogP contribution in [-0.4, -0.2) is 19.0 Å². The minimum atomic E-state index is 0.175. The molecule has 92 valence electrons. The Kier molecular flexibility index (Phi) is 3.89. The van der Waals surface area contributed by atoms with Crippen molar-refractivity contribution < 1.29 is 4.79 Å². The average Bonchev–Trinajstić information content (AvgIpc) is 3.12. The standard InChI is InChI=1S/C12H16BrN3O/c13-9-3-4-10(14)11(7-9)15-5-6-16-12(17)8-1-2-8/h3-4,7-8,15H,1-2,5-6,14H2,(H,16,17). The van der Waals surface area contributed by atoms with E-state index in [0.29, 0.717) is 18.8 Å². The summed E-state index contributed by atoms with van der Waals surface area (Å²) in [6, 6.07) is 5.67. The van der Waals surface area contributed by atoms with E-state index >= 15 is 0 Å². The van der Waals surface area contributed by atoms with Gasteiger partial charge < -0.3 is 16.4 Å². The van der Waals surface area contributed by atoms with Crippen molar-refractivity contribution in [2.75, 3.05) is 24.1 Å². The number of benzene rings is 1. The Morgan fingerprint density at radius 3 is 2.88 bits per heavy atom. The average molecular weight is 298 g/mol. The zero-order chi connectivity index (χ0) is 12.3. The Hall–Kier alpha value is -1.23. The highest BCUT2D eigenvalue weighted by molar-refractivity contribution is 9.10. The van der Waals surface area contributed by atoms with Crippen molar-refractivity contribution in [2.45, 2.75) is 12.8 Å². The molecule has 17 heavy (non-hydrogen) atoms. The maximum Gasteiger partial charge on any atom is 0.223 e. The van der Waals surface area contributed by atoms with Gasteiger partial charge in [-0.3, -0.25) is 4.79 Å². The lowest BCUT2D eigenvalue weighted by Crippen LogP contribution is -2.29. The van der Waals surface area contributed by atoms with Crippen LogP contribution in [0, 0.1) is 5.92 Å². The van der Waals surface area contributed by atoms with E-state index in [9.17, 15) is 4.79 Å². The van der Waals surface area contributed by atoms with E-state index < -0.39 is 0 Å². The molecule has 0 heterocycles. The smallest absolute Gasteiger partial charge is 0.223 e. The van der Waals surface area contributed by atoms with Crippen molar-refractivity contribution in [3.05, 3.63) is 22.7 Å². The van der Waals surface area contributed by atoms with Crippen LogP contribution in [0.3, 0.4) is 0 Å². The highest BCUT2D eigenvalue weighted by Gasteiger charge is 2.28. The molecule has 0 atom stereocenters. The monoisotopic (exact) mass is 297 g/mol. The fourth-order valence-corrected chi connectivity index (χ4v) is 1.92. The molecule has 0 unspecified atom stereocenters. The molecular formula is C12H16BrN3O. The van der Waals surface area contributed by atoms with Crippen LogP contribution in [0.4, 0.5) is 11.4 Å². The normalized spacial score (nSPS) is 14.4. The number of nitrogens with two attached hydrogens (primary N) is 1. The molecule has 0 aromatic heterocycles. The van der Waals surface area contributed by atoms with Crippen molar-refractivity contribution in [3.8, 4) is 0 Å². The highest BCUT2D eigenvalue weighted by atomic mass is 79.9. The van der Waals surface area contributed by atoms with Crippen LogP contribution in [0.2, 0.25) is 0 Å². The van der Waals surface area contributed by atoms with Crippen molar-refractivity contribution >= 4 is 33.2 Å². The summed E-state index contributed by atoms with van der Waals surface area (Å²) in [5, 5.41) is 6.09. The molecule has 1 aliphatic rings. The lowest BCUT2D eigenvalue weighted by molar-refractivity contribution is -0.122. The molecule has 2 rings (SSSR count). The van der Waals surface area contributed by atoms with E-state index in [1.54, 1.807) is 0 Å². The molecular weight excluding hydrogens is 282 g/mol. The number of nitrogen functional groups attached to an aromatic ring is 1. The summed E-state index contributed by atoms with van der Waals surface area (Å²) < 4.78 is 0.983. The predicted octanol–water partition coefficient (Wildman–Crippen LogP) is 1.97. The van der Waals surface area contributed by atoms with E-state index in [-0.39, 0.29) is 11.8 Å². The number of carbonyl (C=O) groups is 1. The van der Waals surface area contributed by atoms with Gasteiger partial charge in [0.05, 0.1) is 11.4 Å². The number of hydrogen-bond donors (Lipinski definition) is 3. The van der Waals surface area contributed by atoms with Crippen molar-refractivity contribution in [1.82, 2.24) is 5.32 Å². The van der Waals surface area contributed by atoms with Crippen molar-refractivity contribution in [2.24, 2.45) is 5.92 Å².